The van der Waals surface area contributed by atoms with Crippen LogP contribution in [-0.4, -0.2) is 61.3 Å². The van der Waals surface area contributed by atoms with E-state index in [1.165, 1.54) is 28.0 Å². The number of hydrogen-bond donors (Lipinski definition) is 1. The molecule has 1 fully saturated rings. The molecule has 0 saturated carbocycles. The van der Waals surface area contributed by atoms with Crippen molar-refractivity contribution in [2.45, 2.75) is 13.5 Å². The van der Waals surface area contributed by atoms with Crippen LogP contribution < -0.4 is 10.1 Å². The molecule has 3 amide bonds. The van der Waals surface area contributed by atoms with Gasteiger partial charge in [0.15, 0.2) is 0 Å². The number of piperazine rings is 1. The van der Waals surface area contributed by atoms with Gasteiger partial charge in [0.25, 0.3) is 0 Å². The Kier molecular flexibility index (Phi) is 6.63. The van der Waals surface area contributed by atoms with E-state index in [1.54, 1.807) is 6.92 Å². The van der Waals surface area contributed by atoms with Gasteiger partial charge >= 0.3 is 18.7 Å². The van der Waals surface area contributed by atoms with Crippen LogP contribution in [0.25, 0.3) is 0 Å². The number of urea groups is 1. The zero-order chi connectivity index (χ0) is 18.4. The van der Waals surface area contributed by atoms with Gasteiger partial charge in [-0.15, -0.1) is 0 Å². The maximum atomic E-state index is 12.2. The number of carbonyl (C=O) groups is 2. The summed E-state index contributed by atoms with van der Waals surface area (Å²) in [7, 11) is 0. The monoisotopic (exact) mass is 377 g/mol. The van der Waals surface area contributed by atoms with Crippen LogP contribution in [0.3, 0.4) is 0 Å². The normalized spacial score (nSPS) is 14.4. The molecule has 10 heteroatoms. The summed E-state index contributed by atoms with van der Waals surface area (Å²) in [4.78, 5) is 26.9. The lowest BCUT2D eigenvalue weighted by molar-refractivity contribution is -0.0497. The second-order valence-electron chi connectivity index (χ2n) is 5.13. The smallest absolute Gasteiger partial charge is 0.409 e. The SMILES string of the molecule is CCOC(=O)N1CCN(C(=O)Nc2ccc(OC(F)F)c(Cl)c2)CC1. The minimum atomic E-state index is -2.98. The van der Waals surface area contributed by atoms with Gasteiger partial charge in [-0.05, 0) is 25.1 Å². The molecule has 1 aliphatic rings. The fourth-order valence-corrected chi connectivity index (χ4v) is 2.50. The number of rotatable bonds is 4. The highest BCUT2D eigenvalue weighted by molar-refractivity contribution is 6.32. The van der Waals surface area contributed by atoms with Crippen molar-refractivity contribution in [2.75, 3.05) is 38.1 Å². The maximum absolute atomic E-state index is 12.2. The lowest BCUT2D eigenvalue weighted by Crippen LogP contribution is -2.51. The van der Waals surface area contributed by atoms with Crippen molar-refractivity contribution < 1.29 is 27.8 Å². The van der Waals surface area contributed by atoms with E-state index >= 15 is 0 Å². The molecular weight excluding hydrogens is 360 g/mol. The maximum Gasteiger partial charge on any atom is 0.409 e. The lowest BCUT2D eigenvalue weighted by atomic mass is 10.3. The molecule has 2 rings (SSSR count). The Balaban J connectivity index is 1.88. The predicted molar refractivity (Wildman–Crippen MR) is 87.3 cm³/mol. The lowest BCUT2D eigenvalue weighted by Gasteiger charge is -2.34. The largest absolute Gasteiger partial charge is 0.450 e. The van der Waals surface area contributed by atoms with Crippen LogP contribution in [-0.2, 0) is 4.74 Å². The van der Waals surface area contributed by atoms with Gasteiger partial charge in [-0.1, -0.05) is 11.6 Å². The first-order valence-corrected chi connectivity index (χ1v) is 8.00. The van der Waals surface area contributed by atoms with E-state index in [0.717, 1.165) is 0 Å². The van der Waals surface area contributed by atoms with Crippen molar-refractivity contribution in [3.05, 3.63) is 23.2 Å². The van der Waals surface area contributed by atoms with E-state index in [0.29, 0.717) is 38.5 Å². The second-order valence-corrected chi connectivity index (χ2v) is 5.53. The molecule has 1 aromatic carbocycles. The van der Waals surface area contributed by atoms with Crippen LogP contribution in [0.5, 0.6) is 5.75 Å². The van der Waals surface area contributed by atoms with Gasteiger partial charge in [0.2, 0.25) is 0 Å². The zero-order valence-electron chi connectivity index (χ0n) is 13.5. The molecule has 0 unspecified atom stereocenters. The van der Waals surface area contributed by atoms with Gasteiger partial charge in [0.1, 0.15) is 5.75 Å². The second kappa shape index (κ2) is 8.70. The summed E-state index contributed by atoms with van der Waals surface area (Å²) < 4.78 is 33.5. The van der Waals surface area contributed by atoms with Gasteiger partial charge in [-0.3, -0.25) is 0 Å². The molecule has 1 aliphatic heterocycles. The average molecular weight is 378 g/mol. The van der Waals surface area contributed by atoms with Crippen molar-refractivity contribution in [2.24, 2.45) is 0 Å². The Bertz CT molecular complexity index is 625. The van der Waals surface area contributed by atoms with Gasteiger partial charge in [0.05, 0.1) is 11.6 Å². The first kappa shape index (κ1) is 19.0. The topological polar surface area (TPSA) is 71.1 Å². The van der Waals surface area contributed by atoms with E-state index in [2.05, 4.69) is 10.1 Å². The summed E-state index contributed by atoms with van der Waals surface area (Å²) in [6, 6.07) is 3.62. The number of benzene rings is 1. The van der Waals surface area contributed by atoms with E-state index in [-0.39, 0.29) is 16.8 Å². The van der Waals surface area contributed by atoms with Crippen molar-refractivity contribution in [1.29, 1.82) is 0 Å². The number of alkyl halides is 2. The Morgan fingerprint density at radius 2 is 1.88 bits per heavy atom. The summed E-state index contributed by atoms with van der Waals surface area (Å²) in [5.74, 6) is -0.169. The summed E-state index contributed by atoms with van der Waals surface area (Å²) in [6.07, 6.45) is -0.399. The predicted octanol–water partition coefficient (Wildman–Crippen LogP) is 3.25. The summed E-state index contributed by atoms with van der Waals surface area (Å²) in [5.41, 5.74) is 0.351. The van der Waals surface area contributed by atoms with Gasteiger partial charge < -0.3 is 24.6 Å². The average Bonchev–Trinajstić information content (AvgIpc) is 2.57. The molecular formula is C15H18ClF2N3O4. The number of anilines is 1. The number of nitrogens with zero attached hydrogens (tertiary/aromatic N) is 2. The molecule has 1 aromatic rings. The van der Waals surface area contributed by atoms with Crippen LogP contribution >= 0.6 is 11.6 Å². The van der Waals surface area contributed by atoms with Crippen molar-refractivity contribution in [1.82, 2.24) is 9.80 Å². The highest BCUT2D eigenvalue weighted by Crippen LogP contribution is 2.29. The molecule has 7 nitrogen and oxygen atoms in total. The van der Waals surface area contributed by atoms with Gasteiger partial charge in [-0.2, -0.15) is 8.78 Å². The Labute approximate surface area is 148 Å². The number of amides is 3. The minimum Gasteiger partial charge on any atom is -0.450 e. The number of halogens is 3. The van der Waals surface area contributed by atoms with Crippen molar-refractivity contribution in [3.8, 4) is 5.75 Å². The van der Waals surface area contributed by atoms with E-state index < -0.39 is 12.7 Å². The zero-order valence-corrected chi connectivity index (χ0v) is 14.3. The van der Waals surface area contributed by atoms with Crippen LogP contribution in [0.15, 0.2) is 18.2 Å². The number of hydrogen-bond acceptors (Lipinski definition) is 4. The third-order valence-corrected chi connectivity index (χ3v) is 3.79. The fraction of sp³-hybridized carbons (Fsp3) is 0.467. The quantitative estimate of drug-likeness (QED) is 0.874. The fourth-order valence-electron chi connectivity index (χ4n) is 2.28. The number of nitrogens with one attached hydrogen (secondary N) is 1. The van der Waals surface area contributed by atoms with E-state index in [9.17, 15) is 18.4 Å². The first-order chi connectivity index (χ1) is 11.9. The van der Waals surface area contributed by atoms with Gasteiger partial charge in [-0.25, -0.2) is 9.59 Å². The van der Waals surface area contributed by atoms with Crippen molar-refractivity contribution >= 4 is 29.4 Å². The molecule has 0 atom stereocenters. The van der Waals surface area contributed by atoms with Crippen LogP contribution in [0.2, 0.25) is 5.02 Å². The molecule has 1 heterocycles. The molecule has 0 spiro atoms. The molecule has 0 radical (unpaired) electrons. The molecule has 1 N–H and O–H groups in total. The third-order valence-electron chi connectivity index (χ3n) is 3.49. The summed E-state index contributed by atoms with van der Waals surface area (Å²) in [5, 5.41) is 2.59. The Hall–Kier alpha value is -2.29. The molecule has 1 saturated heterocycles. The Morgan fingerprint density at radius 1 is 1.24 bits per heavy atom. The van der Waals surface area contributed by atoms with Crippen LogP contribution in [0.4, 0.5) is 24.1 Å². The van der Waals surface area contributed by atoms with Crippen LogP contribution in [0.1, 0.15) is 6.92 Å². The standard InChI is InChI=1S/C15H18ClF2N3O4/c1-2-24-15(23)21-7-5-20(6-8-21)14(22)19-10-3-4-12(11(16)9-10)25-13(17)18/h3-4,9,13H,2,5-8H2,1H3,(H,19,22). The summed E-state index contributed by atoms with van der Waals surface area (Å²) >= 11 is 5.85. The van der Waals surface area contributed by atoms with Gasteiger partial charge in [0, 0.05) is 31.9 Å². The molecule has 138 valence electrons. The molecule has 0 aliphatic carbocycles. The molecule has 0 bridgehead atoms. The highest BCUT2D eigenvalue weighted by Gasteiger charge is 2.25. The molecule has 0 aromatic heterocycles. The third kappa shape index (κ3) is 5.35. The summed E-state index contributed by atoms with van der Waals surface area (Å²) in [6.45, 7) is 0.488. The number of ether oxygens (including phenoxy) is 2. The van der Waals surface area contributed by atoms with E-state index in [1.807, 2.05) is 0 Å². The van der Waals surface area contributed by atoms with Crippen LogP contribution in [0, 0.1) is 0 Å². The number of carbonyl (C=O) groups excluding carboxylic acids is 2. The highest BCUT2D eigenvalue weighted by atomic mass is 35.5. The first-order valence-electron chi connectivity index (χ1n) is 7.62. The Morgan fingerprint density at radius 3 is 2.44 bits per heavy atom. The molecule has 25 heavy (non-hydrogen) atoms. The van der Waals surface area contributed by atoms with E-state index in [4.69, 9.17) is 16.3 Å². The minimum absolute atomic E-state index is 0.0368. The van der Waals surface area contributed by atoms with Crippen molar-refractivity contribution in [3.63, 3.8) is 0 Å².